The molecule has 0 aromatic heterocycles. The van der Waals surface area contributed by atoms with Gasteiger partial charge in [-0.3, -0.25) is 4.79 Å². The Morgan fingerprint density at radius 1 is 1.47 bits per heavy atom. The molecule has 1 fully saturated rings. The molecule has 0 radical (unpaired) electrons. The standard InChI is InChI=1S/C11H12FNOS/c12-10-5-4-8(15)6-9(10)11(14)13-7-2-1-3-7/h4-7,15H,1-3H2,(H,13,14). The van der Waals surface area contributed by atoms with Gasteiger partial charge in [-0.25, -0.2) is 4.39 Å². The second-order valence-corrected chi connectivity index (χ2v) is 4.28. The maximum Gasteiger partial charge on any atom is 0.254 e. The number of hydrogen-bond donors (Lipinski definition) is 2. The minimum atomic E-state index is -0.496. The summed E-state index contributed by atoms with van der Waals surface area (Å²) in [5, 5.41) is 2.79. The van der Waals surface area contributed by atoms with Crippen LogP contribution in [-0.4, -0.2) is 11.9 Å². The van der Waals surface area contributed by atoms with Gasteiger partial charge in [0.1, 0.15) is 5.82 Å². The van der Waals surface area contributed by atoms with Gasteiger partial charge in [0, 0.05) is 10.9 Å². The Bertz CT molecular complexity index is 390. The van der Waals surface area contributed by atoms with E-state index in [0.29, 0.717) is 4.90 Å². The predicted molar refractivity (Wildman–Crippen MR) is 58.8 cm³/mol. The van der Waals surface area contributed by atoms with Crippen molar-refractivity contribution in [1.82, 2.24) is 5.32 Å². The van der Waals surface area contributed by atoms with Crippen LogP contribution in [0.15, 0.2) is 23.1 Å². The zero-order chi connectivity index (χ0) is 10.8. The van der Waals surface area contributed by atoms with Gasteiger partial charge in [-0.05, 0) is 37.5 Å². The molecule has 0 atom stereocenters. The Hall–Kier alpha value is -1.03. The summed E-state index contributed by atoms with van der Waals surface area (Å²) in [4.78, 5) is 12.2. The molecule has 1 amide bonds. The fraction of sp³-hybridized carbons (Fsp3) is 0.364. The second-order valence-electron chi connectivity index (χ2n) is 3.77. The Morgan fingerprint density at radius 3 is 2.80 bits per heavy atom. The third kappa shape index (κ3) is 2.31. The fourth-order valence-corrected chi connectivity index (χ4v) is 1.71. The lowest BCUT2D eigenvalue weighted by molar-refractivity contribution is 0.0912. The number of halogens is 1. The molecule has 0 unspecified atom stereocenters. The molecule has 80 valence electrons. The minimum Gasteiger partial charge on any atom is -0.349 e. The van der Waals surface area contributed by atoms with E-state index in [2.05, 4.69) is 17.9 Å². The fourth-order valence-electron chi connectivity index (χ4n) is 1.50. The highest BCUT2D eigenvalue weighted by Gasteiger charge is 2.21. The molecule has 1 saturated carbocycles. The molecule has 0 heterocycles. The summed E-state index contributed by atoms with van der Waals surface area (Å²) >= 11 is 4.08. The molecule has 0 aliphatic heterocycles. The summed E-state index contributed by atoms with van der Waals surface area (Å²) in [5.74, 6) is -0.835. The molecule has 4 heteroatoms. The van der Waals surface area contributed by atoms with Crippen molar-refractivity contribution < 1.29 is 9.18 Å². The first-order valence-electron chi connectivity index (χ1n) is 4.96. The second kappa shape index (κ2) is 4.23. The van der Waals surface area contributed by atoms with E-state index in [4.69, 9.17) is 0 Å². The third-order valence-corrected chi connectivity index (χ3v) is 2.91. The number of hydrogen-bond acceptors (Lipinski definition) is 2. The first-order valence-corrected chi connectivity index (χ1v) is 5.41. The van der Waals surface area contributed by atoms with Crippen LogP contribution in [0.1, 0.15) is 29.6 Å². The summed E-state index contributed by atoms with van der Waals surface area (Å²) < 4.78 is 13.3. The smallest absolute Gasteiger partial charge is 0.254 e. The van der Waals surface area contributed by atoms with Crippen LogP contribution < -0.4 is 5.32 Å². The molecule has 0 saturated heterocycles. The topological polar surface area (TPSA) is 29.1 Å². The van der Waals surface area contributed by atoms with Crippen molar-refractivity contribution >= 4 is 18.5 Å². The van der Waals surface area contributed by atoms with Gasteiger partial charge < -0.3 is 5.32 Å². The molecule has 1 aromatic rings. The molecule has 1 N–H and O–H groups in total. The molecule has 1 aliphatic carbocycles. The normalized spacial score (nSPS) is 15.9. The molecule has 1 aromatic carbocycles. The van der Waals surface area contributed by atoms with Gasteiger partial charge in [0.25, 0.3) is 5.91 Å². The van der Waals surface area contributed by atoms with Crippen molar-refractivity contribution in [3.05, 3.63) is 29.6 Å². The molecular weight excluding hydrogens is 213 g/mol. The van der Waals surface area contributed by atoms with Gasteiger partial charge in [0.15, 0.2) is 0 Å². The van der Waals surface area contributed by atoms with Crippen LogP contribution in [0.2, 0.25) is 0 Å². The van der Waals surface area contributed by atoms with E-state index in [1.807, 2.05) is 0 Å². The summed E-state index contributed by atoms with van der Waals surface area (Å²) in [6.07, 6.45) is 3.13. The molecular formula is C11H12FNOS. The van der Waals surface area contributed by atoms with Crippen LogP contribution in [0, 0.1) is 5.82 Å². The van der Waals surface area contributed by atoms with E-state index in [1.54, 1.807) is 0 Å². The SMILES string of the molecule is O=C(NC1CCC1)c1cc(S)ccc1F. The molecule has 2 nitrogen and oxygen atoms in total. The summed E-state index contributed by atoms with van der Waals surface area (Å²) in [6.45, 7) is 0. The van der Waals surface area contributed by atoms with Crippen LogP contribution in [0.4, 0.5) is 4.39 Å². The van der Waals surface area contributed by atoms with Gasteiger partial charge in [0.05, 0.1) is 5.56 Å². The number of carbonyl (C=O) groups excluding carboxylic acids is 1. The van der Waals surface area contributed by atoms with Gasteiger partial charge in [-0.2, -0.15) is 0 Å². The van der Waals surface area contributed by atoms with Gasteiger partial charge in [-0.1, -0.05) is 0 Å². The average molecular weight is 225 g/mol. The Labute approximate surface area is 93.3 Å². The lowest BCUT2D eigenvalue weighted by atomic mass is 9.93. The minimum absolute atomic E-state index is 0.0781. The molecule has 2 rings (SSSR count). The van der Waals surface area contributed by atoms with E-state index in [1.165, 1.54) is 18.2 Å². The van der Waals surface area contributed by atoms with E-state index in [9.17, 15) is 9.18 Å². The maximum atomic E-state index is 13.3. The average Bonchev–Trinajstić information content (AvgIpc) is 2.15. The first kappa shape index (κ1) is 10.5. The number of rotatable bonds is 2. The lowest BCUT2D eigenvalue weighted by Gasteiger charge is -2.26. The highest BCUT2D eigenvalue weighted by molar-refractivity contribution is 7.80. The van der Waals surface area contributed by atoms with Crippen LogP contribution in [0.5, 0.6) is 0 Å². The molecule has 15 heavy (non-hydrogen) atoms. The Balaban J connectivity index is 2.12. The largest absolute Gasteiger partial charge is 0.349 e. The zero-order valence-corrected chi connectivity index (χ0v) is 9.06. The van der Waals surface area contributed by atoms with E-state index >= 15 is 0 Å². The quantitative estimate of drug-likeness (QED) is 0.743. The van der Waals surface area contributed by atoms with Crippen LogP contribution in [-0.2, 0) is 0 Å². The van der Waals surface area contributed by atoms with Gasteiger partial charge in [-0.15, -0.1) is 12.6 Å². The highest BCUT2D eigenvalue weighted by atomic mass is 32.1. The van der Waals surface area contributed by atoms with E-state index < -0.39 is 5.82 Å². The summed E-state index contributed by atoms with van der Waals surface area (Å²) in [7, 11) is 0. The number of carbonyl (C=O) groups is 1. The van der Waals surface area contributed by atoms with E-state index in [0.717, 1.165) is 19.3 Å². The van der Waals surface area contributed by atoms with Crippen LogP contribution in [0.25, 0.3) is 0 Å². The first-order chi connectivity index (χ1) is 7.16. The van der Waals surface area contributed by atoms with Crippen molar-refractivity contribution in [2.45, 2.75) is 30.2 Å². The number of amides is 1. The summed E-state index contributed by atoms with van der Waals surface area (Å²) in [5.41, 5.74) is 0.0781. The molecule has 0 bridgehead atoms. The predicted octanol–water partition coefficient (Wildman–Crippen LogP) is 2.40. The Kier molecular flexibility index (Phi) is 2.95. The number of thiol groups is 1. The summed E-state index contributed by atoms with van der Waals surface area (Å²) in [6, 6.07) is 4.46. The Morgan fingerprint density at radius 2 is 2.20 bits per heavy atom. The van der Waals surface area contributed by atoms with E-state index in [-0.39, 0.29) is 17.5 Å². The maximum absolute atomic E-state index is 13.3. The van der Waals surface area contributed by atoms with Gasteiger partial charge >= 0.3 is 0 Å². The van der Waals surface area contributed by atoms with Crippen LogP contribution in [0.3, 0.4) is 0 Å². The molecule has 1 aliphatic rings. The number of nitrogens with one attached hydrogen (secondary N) is 1. The van der Waals surface area contributed by atoms with Crippen molar-refractivity contribution in [2.75, 3.05) is 0 Å². The van der Waals surface area contributed by atoms with Crippen molar-refractivity contribution in [3.8, 4) is 0 Å². The lowest BCUT2D eigenvalue weighted by Crippen LogP contribution is -2.39. The van der Waals surface area contributed by atoms with Crippen molar-refractivity contribution in [1.29, 1.82) is 0 Å². The third-order valence-electron chi connectivity index (χ3n) is 2.63. The van der Waals surface area contributed by atoms with Gasteiger partial charge in [0.2, 0.25) is 0 Å². The molecule has 0 spiro atoms. The van der Waals surface area contributed by atoms with Crippen molar-refractivity contribution in [3.63, 3.8) is 0 Å². The van der Waals surface area contributed by atoms with Crippen LogP contribution >= 0.6 is 12.6 Å². The van der Waals surface area contributed by atoms with Crippen molar-refractivity contribution in [2.24, 2.45) is 0 Å². The zero-order valence-electron chi connectivity index (χ0n) is 8.16. The monoisotopic (exact) mass is 225 g/mol. The highest BCUT2D eigenvalue weighted by Crippen LogP contribution is 2.19. The number of benzene rings is 1.